The molecule has 1 unspecified atom stereocenters. The van der Waals surface area contributed by atoms with Crippen molar-refractivity contribution >= 4 is 0 Å². The summed E-state index contributed by atoms with van der Waals surface area (Å²) < 4.78 is 7.81. The van der Waals surface area contributed by atoms with Crippen molar-refractivity contribution in [3.05, 3.63) is 18.0 Å². The molecule has 1 saturated heterocycles. The Bertz CT molecular complexity index is 371. The molecule has 2 rings (SSSR count). The molecule has 0 radical (unpaired) electrons. The number of likely N-dealkylation sites (tertiary alicyclic amines) is 1. The van der Waals surface area contributed by atoms with Gasteiger partial charge in [0.15, 0.2) is 0 Å². The molecular weight excluding hydrogens is 240 g/mol. The molecule has 1 aromatic heterocycles. The van der Waals surface area contributed by atoms with Crippen LogP contribution in [0.15, 0.2) is 12.3 Å². The number of nitrogens with zero attached hydrogens (tertiary/aromatic N) is 3. The Kier molecular flexibility index (Phi) is 5.36. The van der Waals surface area contributed by atoms with Gasteiger partial charge in [-0.15, -0.1) is 0 Å². The van der Waals surface area contributed by atoms with E-state index in [0.29, 0.717) is 12.1 Å². The molecule has 5 heteroatoms. The van der Waals surface area contributed by atoms with E-state index in [1.807, 2.05) is 17.9 Å². The van der Waals surface area contributed by atoms with E-state index in [4.69, 9.17) is 10.5 Å². The van der Waals surface area contributed by atoms with Crippen LogP contribution in [0.3, 0.4) is 0 Å². The highest BCUT2D eigenvalue weighted by Crippen LogP contribution is 2.24. The number of rotatable bonds is 6. The van der Waals surface area contributed by atoms with E-state index in [1.54, 1.807) is 0 Å². The van der Waals surface area contributed by atoms with E-state index in [1.165, 1.54) is 5.69 Å². The first kappa shape index (κ1) is 14.5. The SMILES string of the molecule is CC(c1ccnn1C)N1CCC(OCCCN)CC1. The average Bonchev–Trinajstić information content (AvgIpc) is 2.85. The Morgan fingerprint density at radius 2 is 2.21 bits per heavy atom. The van der Waals surface area contributed by atoms with Crippen LogP contribution in [0.25, 0.3) is 0 Å². The number of hydrogen-bond donors (Lipinski definition) is 1. The van der Waals surface area contributed by atoms with Crippen molar-refractivity contribution in [2.75, 3.05) is 26.2 Å². The topological polar surface area (TPSA) is 56.3 Å². The van der Waals surface area contributed by atoms with Gasteiger partial charge in [-0.3, -0.25) is 9.58 Å². The van der Waals surface area contributed by atoms with Crippen LogP contribution in [0.1, 0.15) is 37.9 Å². The Morgan fingerprint density at radius 1 is 1.47 bits per heavy atom. The summed E-state index contributed by atoms with van der Waals surface area (Å²) in [6, 6.07) is 2.53. The highest BCUT2D eigenvalue weighted by atomic mass is 16.5. The number of ether oxygens (including phenoxy) is 1. The Labute approximate surface area is 115 Å². The molecule has 1 aliphatic rings. The maximum Gasteiger partial charge on any atom is 0.0599 e. The molecule has 1 aromatic rings. The number of nitrogens with two attached hydrogens (primary N) is 1. The molecule has 0 bridgehead atoms. The van der Waals surface area contributed by atoms with E-state index in [9.17, 15) is 0 Å². The van der Waals surface area contributed by atoms with Gasteiger partial charge in [-0.2, -0.15) is 5.10 Å². The first-order valence-electron chi connectivity index (χ1n) is 7.26. The lowest BCUT2D eigenvalue weighted by molar-refractivity contribution is -0.00143. The van der Waals surface area contributed by atoms with Crippen LogP contribution < -0.4 is 5.73 Å². The molecule has 108 valence electrons. The predicted octanol–water partition coefficient (Wildman–Crippen LogP) is 1.31. The van der Waals surface area contributed by atoms with Crippen molar-refractivity contribution < 1.29 is 4.74 Å². The molecule has 0 saturated carbocycles. The Hall–Kier alpha value is -0.910. The van der Waals surface area contributed by atoms with Crippen LogP contribution in [0.2, 0.25) is 0 Å². The number of aryl methyl sites for hydroxylation is 1. The van der Waals surface area contributed by atoms with Crippen molar-refractivity contribution in [2.45, 2.75) is 38.3 Å². The van der Waals surface area contributed by atoms with Crippen LogP contribution >= 0.6 is 0 Å². The summed E-state index contributed by atoms with van der Waals surface area (Å²) in [5.41, 5.74) is 6.76. The van der Waals surface area contributed by atoms with Gasteiger partial charge in [-0.05, 0) is 38.8 Å². The standard InChI is InChI=1S/C14H26N4O/c1-12(14-4-8-16-17(14)2)18-9-5-13(6-10-18)19-11-3-7-15/h4,8,12-13H,3,5-7,9-11,15H2,1-2H3. The van der Waals surface area contributed by atoms with Gasteiger partial charge in [0, 0.05) is 39.0 Å². The molecule has 2 heterocycles. The largest absolute Gasteiger partial charge is 0.378 e. The smallest absolute Gasteiger partial charge is 0.0599 e. The Morgan fingerprint density at radius 3 is 2.79 bits per heavy atom. The Balaban J connectivity index is 1.78. The third-order valence-electron chi connectivity index (χ3n) is 4.01. The van der Waals surface area contributed by atoms with Crippen LogP contribution in [0.4, 0.5) is 0 Å². The summed E-state index contributed by atoms with van der Waals surface area (Å²) >= 11 is 0. The first-order chi connectivity index (χ1) is 9.22. The summed E-state index contributed by atoms with van der Waals surface area (Å²) in [4.78, 5) is 2.51. The van der Waals surface area contributed by atoms with Gasteiger partial charge < -0.3 is 10.5 Å². The third-order valence-corrected chi connectivity index (χ3v) is 4.01. The third kappa shape index (κ3) is 3.78. The van der Waals surface area contributed by atoms with Gasteiger partial charge in [0.05, 0.1) is 11.8 Å². The lowest BCUT2D eigenvalue weighted by atomic mass is 10.0. The minimum atomic E-state index is 0.418. The summed E-state index contributed by atoms with van der Waals surface area (Å²) in [5.74, 6) is 0. The van der Waals surface area contributed by atoms with Crippen molar-refractivity contribution in [1.29, 1.82) is 0 Å². The van der Waals surface area contributed by atoms with Gasteiger partial charge >= 0.3 is 0 Å². The molecule has 2 N–H and O–H groups in total. The van der Waals surface area contributed by atoms with Gasteiger partial charge in [-0.25, -0.2) is 0 Å². The molecule has 5 nitrogen and oxygen atoms in total. The molecule has 0 aromatic carbocycles. The van der Waals surface area contributed by atoms with E-state index < -0.39 is 0 Å². The fraction of sp³-hybridized carbons (Fsp3) is 0.786. The number of piperidine rings is 1. The van der Waals surface area contributed by atoms with Crippen LogP contribution in [-0.4, -0.2) is 47.0 Å². The number of hydrogen-bond acceptors (Lipinski definition) is 4. The zero-order valence-electron chi connectivity index (χ0n) is 12.1. The normalized spacial score (nSPS) is 19.7. The molecular formula is C14H26N4O. The zero-order valence-corrected chi connectivity index (χ0v) is 12.1. The maximum absolute atomic E-state index is 5.84. The predicted molar refractivity (Wildman–Crippen MR) is 75.8 cm³/mol. The average molecular weight is 266 g/mol. The minimum absolute atomic E-state index is 0.418. The quantitative estimate of drug-likeness (QED) is 0.789. The van der Waals surface area contributed by atoms with Crippen LogP contribution in [0.5, 0.6) is 0 Å². The fourth-order valence-corrected chi connectivity index (χ4v) is 2.74. The molecule has 1 atom stereocenters. The summed E-state index contributed by atoms with van der Waals surface area (Å²) in [5, 5.41) is 4.25. The van der Waals surface area contributed by atoms with Crippen LogP contribution in [-0.2, 0) is 11.8 Å². The molecule has 0 aliphatic carbocycles. The maximum atomic E-state index is 5.84. The second-order valence-electron chi connectivity index (χ2n) is 5.30. The highest BCUT2D eigenvalue weighted by molar-refractivity contribution is 5.06. The lowest BCUT2D eigenvalue weighted by Gasteiger charge is -2.35. The van der Waals surface area contributed by atoms with Gasteiger partial charge in [0.2, 0.25) is 0 Å². The van der Waals surface area contributed by atoms with Crippen LogP contribution in [0, 0.1) is 0 Å². The monoisotopic (exact) mass is 266 g/mol. The zero-order chi connectivity index (χ0) is 13.7. The van der Waals surface area contributed by atoms with E-state index in [-0.39, 0.29) is 0 Å². The molecule has 0 spiro atoms. The van der Waals surface area contributed by atoms with E-state index in [2.05, 4.69) is 23.0 Å². The summed E-state index contributed by atoms with van der Waals surface area (Å²) in [6.07, 6.45) is 5.49. The lowest BCUT2D eigenvalue weighted by Crippen LogP contribution is -2.39. The fourth-order valence-electron chi connectivity index (χ4n) is 2.74. The molecule has 0 amide bonds. The highest BCUT2D eigenvalue weighted by Gasteiger charge is 2.24. The van der Waals surface area contributed by atoms with E-state index in [0.717, 1.165) is 45.5 Å². The molecule has 1 aliphatic heterocycles. The summed E-state index contributed by atoms with van der Waals surface area (Å²) in [6.45, 7) is 5.97. The molecule has 1 fully saturated rings. The van der Waals surface area contributed by atoms with Crippen molar-refractivity contribution in [1.82, 2.24) is 14.7 Å². The van der Waals surface area contributed by atoms with Gasteiger partial charge in [0.25, 0.3) is 0 Å². The minimum Gasteiger partial charge on any atom is -0.378 e. The second-order valence-corrected chi connectivity index (χ2v) is 5.30. The number of aromatic nitrogens is 2. The molecule has 19 heavy (non-hydrogen) atoms. The second kappa shape index (κ2) is 7.03. The van der Waals surface area contributed by atoms with Crippen molar-refractivity contribution in [3.8, 4) is 0 Å². The van der Waals surface area contributed by atoms with Gasteiger partial charge in [0.1, 0.15) is 0 Å². The van der Waals surface area contributed by atoms with Crippen molar-refractivity contribution in [2.24, 2.45) is 12.8 Å². The van der Waals surface area contributed by atoms with Gasteiger partial charge in [-0.1, -0.05) is 0 Å². The first-order valence-corrected chi connectivity index (χ1v) is 7.26. The van der Waals surface area contributed by atoms with E-state index >= 15 is 0 Å². The summed E-state index contributed by atoms with van der Waals surface area (Å²) in [7, 11) is 2.01. The van der Waals surface area contributed by atoms with Crippen molar-refractivity contribution in [3.63, 3.8) is 0 Å².